The van der Waals surface area contributed by atoms with Gasteiger partial charge in [-0.25, -0.2) is 0 Å². The number of hydrogen-bond donors (Lipinski definition) is 1. The summed E-state index contributed by atoms with van der Waals surface area (Å²) in [5.74, 6) is -0.219. The summed E-state index contributed by atoms with van der Waals surface area (Å²) in [4.78, 5) is 28.6. The maximum Gasteiger partial charge on any atom is 0.301 e. The van der Waals surface area contributed by atoms with Crippen molar-refractivity contribution in [1.29, 1.82) is 0 Å². The van der Waals surface area contributed by atoms with Crippen LogP contribution in [-0.2, 0) is 21.8 Å². The number of halogens is 2. The lowest BCUT2D eigenvalue weighted by atomic mass is 9.93. The zero-order valence-corrected chi connectivity index (χ0v) is 26.7. The topological polar surface area (TPSA) is 92.6 Å². The van der Waals surface area contributed by atoms with E-state index < -0.39 is 17.7 Å². The molecule has 6 rings (SSSR count). The monoisotopic (exact) mass is 651 g/mol. The number of ether oxygens (including phenoxy) is 1. The van der Waals surface area contributed by atoms with E-state index in [9.17, 15) is 14.7 Å². The molecule has 2 atom stereocenters. The van der Waals surface area contributed by atoms with Gasteiger partial charge in [0.2, 0.25) is 5.13 Å². The molecule has 11 heteroatoms. The zero-order valence-electron chi connectivity index (χ0n) is 23.5. The van der Waals surface area contributed by atoms with Crippen molar-refractivity contribution < 1.29 is 19.4 Å². The van der Waals surface area contributed by atoms with Crippen LogP contribution in [0, 0.1) is 0 Å². The smallest absolute Gasteiger partial charge is 0.301 e. The van der Waals surface area contributed by atoms with E-state index in [1.54, 1.807) is 24.3 Å². The second-order valence-electron chi connectivity index (χ2n) is 10.8. The third-order valence-electron chi connectivity index (χ3n) is 7.50. The molecule has 0 spiro atoms. The standard InChI is InChI=1S/C32H27Cl2N3O4S2/c1-16(2)18-4-6-19(7-5-18)27-26(28(38)20-9-11-25-22(13-20)12-17(3)41-25)29(39)30(40)37(27)31-35-36-32(43-31)42-15-21-8-10-23(33)14-24(21)34/h4-11,13-14,16-17,27,38H,12,15H2,1-3H3/t17-,27+/m0/s1. The Morgan fingerprint density at radius 3 is 2.58 bits per heavy atom. The number of hydrogen-bond acceptors (Lipinski definition) is 8. The highest BCUT2D eigenvalue weighted by atomic mass is 35.5. The normalized spacial score (nSPS) is 19.3. The first kappa shape index (κ1) is 29.7. The molecule has 2 aliphatic heterocycles. The number of anilines is 1. The minimum absolute atomic E-state index is 0.00607. The Balaban J connectivity index is 1.38. The molecular formula is C32H27Cl2N3O4S2. The van der Waals surface area contributed by atoms with Crippen molar-refractivity contribution in [3.63, 3.8) is 0 Å². The maximum absolute atomic E-state index is 13.6. The van der Waals surface area contributed by atoms with Crippen LogP contribution in [-0.4, -0.2) is 33.1 Å². The average Bonchev–Trinajstić information content (AvgIpc) is 3.67. The van der Waals surface area contributed by atoms with Crippen molar-refractivity contribution in [2.45, 2.75) is 55.3 Å². The van der Waals surface area contributed by atoms with E-state index in [0.717, 1.165) is 22.4 Å². The fourth-order valence-electron chi connectivity index (χ4n) is 5.27. The summed E-state index contributed by atoms with van der Waals surface area (Å²) in [6.45, 7) is 6.17. The van der Waals surface area contributed by atoms with Crippen LogP contribution in [0.1, 0.15) is 60.5 Å². The van der Waals surface area contributed by atoms with Gasteiger partial charge in [0.25, 0.3) is 5.78 Å². The van der Waals surface area contributed by atoms with Crippen LogP contribution >= 0.6 is 46.3 Å². The summed E-state index contributed by atoms with van der Waals surface area (Å²) < 4.78 is 6.41. The third kappa shape index (κ3) is 5.79. The molecule has 2 aliphatic rings. The van der Waals surface area contributed by atoms with Crippen molar-refractivity contribution in [3.8, 4) is 5.75 Å². The summed E-state index contributed by atoms with van der Waals surface area (Å²) in [7, 11) is 0. The number of benzene rings is 3. The second-order valence-corrected chi connectivity index (χ2v) is 13.8. The number of ketones is 1. The molecule has 3 heterocycles. The highest BCUT2D eigenvalue weighted by Crippen LogP contribution is 2.45. The highest BCUT2D eigenvalue weighted by molar-refractivity contribution is 8.00. The van der Waals surface area contributed by atoms with E-state index in [2.05, 4.69) is 24.0 Å². The van der Waals surface area contributed by atoms with E-state index in [-0.39, 0.29) is 22.6 Å². The van der Waals surface area contributed by atoms with Crippen molar-refractivity contribution in [2.75, 3.05) is 4.90 Å². The molecule has 3 aromatic carbocycles. The second kappa shape index (κ2) is 12.0. The first-order chi connectivity index (χ1) is 20.6. The number of rotatable bonds is 7. The molecule has 1 saturated heterocycles. The Labute approximate surface area is 267 Å². The Bertz CT molecular complexity index is 1770. The number of aliphatic hydroxyl groups excluding tert-OH is 1. The van der Waals surface area contributed by atoms with Crippen LogP contribution in [0.4, 0.5) is 5.13 Å². The van der Waals surface area contributed by atoms with Crippen LogP contribution in [0.2, 0.25) is 10.0 Å². The lowest BCUT2D eigenvalue weighted by Crippen LogP contribution is -2.29. The maximum atomic E-state index is 13.6. The number of nitrogens with zero attached hydrogens (tertiary/aromatic N) is 3. The molecule has 1 aromatic heterocycles. The van der Waals surface area contributed by atoms with E-state index in [1.165, 1.54) is 28.0 Å². The number of thioether (sulfide) groups is 1. The van der Waals surface area contributed by atoms with Crippen LogP contribution in [0.5, 0.6) is 5.75 Å². The van der Waals surface area contributed by atoms with Gasteiger partial charge in [-0.1, -0.05) is 90.5 Å². The van der Waals surface area contributed by atoms with Crippen LogP contribution in [0.15, 0.2) is 70.6 Å². The van der Waals surface area contributed by atoms with Gasteiger partial charge in [0.1, 0.15) is 17.6 Å². The Morgan fingerprint density at radius 2 is 1.86 bits per heavy atom. The van der Waals surface area contributed by atoms with E-state index >= 15 is 0 Å². The minimum Gasteiger partial charge on any atom is -0.507 e. The van der Waals surface area contributed by atoms with Crippen molar-refractivity contribution in [2.24, 2.45) is 0 Å². The number of aliphatic hydroxyl groups is 1. The summed E-state index contributed by atoms with van der Waals surface area (Å²) >= 11 is 15.0. The molecule has 1 fully saturated rings. The largest absolute Gasteiger partial charge is 0.507 e. The SMILES string of the molecule is CC(C)c1ccc([C@@H]2C(=C(O)c3ccc4c(c3)C[C@H](C)O4)C(=O)C(=O)N2c2nnc(SCc3ccc(Cl)cc3Cl)s2)cc1. The molecule has 1 amide bonds. The van der Waals surface area contributed by atoms with Crippen molar-refractivity contribution >= 4 is 68.9 Å². The number of amides is 1. The number of fused-ring (bicyclic) bond motifs is 1. The molecule has 0 unspecified atom stereocenters. The molecule has 43 heavy (non-hydrogen) atoms. The zero-order chi connectivity index (χ0) is 30.4. The van der Waals surface area contributed by atoms with Gasteiger partial charge in [0.15, 0.2) is 4.34 Å². The number of aromatic nitrogens is 2. The summed E-state index contributed by atoms with van der Waals surface area (Å²) in [6, 6.07) is 17.5. The number of carbonyl (C=O) groups excluding carboxylic acids is 2. The Kier molecular flexibility index (Phi) is 8.26. The molecule has 0 aliphatic carbocycles. The Hall–Kier alpha value is -3.37. The molecule has 7 nitrogen and oxygen atoms in total. The van der Waals surface area contributed by atoms with Crippen molar-refractivity contribution in [1.82, 2.24) is 10.2 Å². The first-order valence-electron chi connectivity index (χ1n) is 13.7. The fourth-order valence-corrected chi connectivity index (χ4v) is 7.70. The van der Waals surface area contributed by atoms with Crippen LogP contribution in [0.25, 0.3) is 5.76 Å². The highest BCUT2D eigenvalue weighted by Gasteiger charge is 2.48. The lowest BCUT2D eigenvalue weighted by molar-refractivity contribution is -0.132. The molecule has 0 saturated carbocycles. The summed E-state index contributed by atoms with van der Waals surface area (Å²) in [6.07, 6.45) is 0.717. The quantitative estimate of drug-likeness (QED) is 0.0707. The predicted molar refractivity (Wildman–Crippen MR) is 171 cm³/mol. The van der Waals surface area contributed by atoms with Crippen LogP contribution in [0.3, 0.4) is 0 Å². The van der Waals surface area contributed by atoms with Gasteiger partial charge in [0, 0.05) is 27.8 Å². The minimum atomic E-state index is -0.888. The fraction of sp³-hybridized carbons (Fsp3) is 0.250. The molecule has 4 aromatic rings. The van der Waals surface area contributed by atoms with Gasteiger partial charge < -0.3 is 9.84 Å². The predicted octanol–water partition coefficient (Wildman–Crippen LogP) is 8.21. The number of carbonyl (C=O) groups is 2. The Morgan fingerprint density at radius 1 is 1.09 bits per heavy atom. The molecule has 1 N–H and O–H groups in total. The molecule has 220 valence electrons. The molecule has 0 radical (unpaired) electrons. The van der Waals surface area contributed by atoms with Gasteiger partial charge >= 0.3 is 5.91 Å². The van der Waals surface area contributed by atoms with Gasteiger partial charge in [0.05, 0.1) is 11.6 Å². The van der Waals surface area contributed by atoms with E-state index in [0.29, 0.717) is 43.6 Å². The third-order valence-corrected chi connectivity index (χ3v) is 10.2. The van der Waals surface area contributed by atoms with Gasteiger partial charge in [-0.15, -0.1) is 10.2 Å². The van der Waals surface area contributed by atoms with Gasteiger partial charge in [-0.3, -0.25) is 14.5 Å². The van der Waals surface area contributed by atoms with Crippen molar-refractivity contribution in [3.05, 3.63) is 104 Å². The first-order valence-corrected chi connectivity index (χ1v) is 16.3. The summed E-state index contributed by atoms with van der Waals surface area (Å²) in [5.41, 5.74) is 4.07. The molecular weight excluding hydrogens is 625 g/mol. The van der Waals surface area contributed by atoms with Gasteiger partial charge in [-0.05, 0) is 65.4 Å². The van der Waals surface area contributed by atoms with E-state index in [4.69, 9.17) is 27.9 Å². The van der Waals surface area contributed by atoms with Gasteiger partial charge in [-0.2, -0.15) is 0 Å². The number of Topliss-reactive ketones (excluding diaryl/α,β-unsaturated/α-hetero) is 1. The average molecular weight is 653 g/mol. The summed E-state index contributed by atoms with van der Waals surface area (Å²) in [5, 5.41) is 21.5. The lowest BCUT2D eigenvalue weighted by Gasteiger charge is -2.23. The van der Waals surface area contributed by atoms with Crippen LogP contribution < -0.4 is 9.64 Å². The molecule has 0 bridgehead atoms. The van der Waals surface area contributed by atoms with E-state index in [1.807, 2.05) is 43.3 Å².